The van der Waals surface area contributed by atoms with Crippen LogP contribution in [-0.4, -0.2) is 69.8 Å². The van der Waals surface area contributed by atoms with Gasteiger partial charge in [-0.2, -0.15) is 14.3 Å². The second-order valence-electron chi connectivity index (χ2n) is 11.4. The molecule has 2 unspecified atom stereocenters. The molecule has 0 aliphatic carbocycles. The lowest BCUT2D eigenvalue weighted by Gasteiger charge is -2.34. The summed E-state index contributed by atoms with van der Waals surface area (Å²) in [7, 11) is 0. The number of piperidine rings is 1. The Balaban J connectivity index is 1.32. The molecule has 246 valence electrons. The number of carbonyl (C=O) groups is 3. The number of quaternary nitrogens is 1. The number of rotatable bonds is 9. The Bertz CT molecular complexity index is 1760. The van der Waals surface area contributed by atoms with Crippen LogP contribution in [0, 0.1) is 6.92 Å². The summed E-state index contributed by atoms with van der Waals surface area (Å²) in [4.78, 5) is 50.5. The Morgan fingerprint density at radius 3 is 2.36 bits per heavy atom. The number of Topliss-reactive ketones (excluding diaryl/α,β-unsaturated/α-hetero) is 1. The van der Waals surface area contributed by atoms with Crippen molar-refractivity contribution in [2.24, 2.45) is 0 Å². The van der Waals surface area contributed by atoms with Gasteiger partial charge in [0.1, 0.15) is 16.5 Å². The highest BCUT2D eigenvalue weighted by Gasteiger charge is 2.49. The Morgan fingerprint density at radius 2 is 1.77 bits per heavy atom. The van der Waals surface area contributed by atoms with Crippen LogP contribution in [-0.2, 0) is 0 Å². The molecule has 2 aromatic heterocycles. The molecule has 4 aromatic rings. The summed E-state index contributed by atoms with van der Waals surface area (Å²) in [6.45, 7) is 6.11. The Hall–Kier alpha value is -4.62. The third-order valence-corrected chi connectivity index (χ3v) is 9.72. The highest BCUT2D eigenvalue weighted by atomic mass is 32.1. The van der Waals surface area contributed by atoms with Crippen LogP contribution >= 0.6 is 11.3 Å². The van der Waals surface area contributed by atoms with E-state index in [0.717, 1.165) is 10.6 Å². The summed E-state index contributed by atoms with van der Waals surface area (Å²) in [5, 5.41) is 12.9. The van der Waals surface area contributed by atoms with Crippen molar-refractivity contribution in [1.29, 1.82) is 0 Å². The van der Waals surface area contributed by atoms with E-state index >= 15 is 0 Å². The summed E-state index contributed by atoms with van der Waals surface area (Å²) in [6.07, 6.45) is -3.29. The van der Waals surface area contributed by atoms with Gasteiger partial charge in [0.15, 0.2) is 6.04 Å². The van der Waals surface area contributed by atoms with Crippen LogP contribution in [0.5, 0.6) is 5.75 Å². The molecular formula is C34H34F3N4O5S+. The predicted molar refractivity (Wildman–Crippen MR) is 172 cm³/mol. The van der Waals surface area contributed by atoms with E-state index in [9.17, 15) is 32.7 Å². The minimum atomic E-state index is -4.80. The molecular weight excluding hydrogens is 633 g/mol. The number of likely N-dealkylation sites (N-methyl/N-ethyl adjacent to an activating group) is 1. The molecule has 1 saturated heterocycles. The first-order valence-corrected chi connectivity index (χ1v) is 16.0. The number of likely N-dealkylation sites (tertiary alicyclic amines) is 1. The van der Waals surface area contributed by atoms with E-state index in [0.29, 0.717) is 42.6 Å². The molecule has 2 amide bonds. The zero-order chi connectivity index (χ0) is 33.9. The Labute approximate surface area is 273 Å². The second kappa shape index (κ2) is 13.6. The minimum Gasteiger partial charge on any atom is -0.435 e. The summed E-state index contributed by atoms with van der Waals surface area (Å²) >= 11 is 1.35. The van der Waals surface area contributed by atoms with Crippen LogP contribution in [0.1, 0.15) is 64.0 Å². The molecule has 1 aliphatic rings. The molecule has 13 heteroatoms. The summed E-state index contributed by atoms with van der Waals surface area (Å²) < 4.78 is 41.3. The zero-order valence-electron chi connectivity index (χ0n) is 26.0. The van der Waals surface area contributed by atoms with E-state index in [2.05, 4.69) is 9.72 Å². The van der Waals surface area contributed by atoms with Crippen molar-refractivity contribution in [3.8, 4) is 16.9 Å². The Morgan fingerprint density at radius 1 is 1.06 bits per heavy atom. The maximum absolute atomic E-state index is 13.8. The van der Waals surface area contributed by atoms with Crippen LogP contribution in [0.2, 0.25) is 0 Å². The van der Waals surface area contributed by atoms with Crippen LogP contribution in [0.25, 0.3) is 11.1 Å². The molecule has 3 heterocycles. The van der Waals surface area contributed by atoms with Gasteiger partial charge in [0.05, 0.1) is 11.9 Å². The summed E-state index contributed by atoms with van der Waals surface area (Å²) in [6, 6.07) is 14.7. The van der Waals surface area contributed by atoms with Gasteiger partial charge in [-0.15, -0.1) is 24.5 Å². The SMILES string of the molecule is CC[N+](C(=O)O)(c1csc(C2CCN(C(=O)c3cccc(C)c3-c3ccc(OC(F)(F)F)cc3)CC2)n1)C(C)C(=O)c1ccccn1. The van der Waals surface area contributed by atoms with Gasteiger partial charge in [0.2, 0.25) is 11.6 Å². The van der Waals surface area contributed by atoms with Crippen LogP contribution < -0.4 is 9.22 Å². The molecule has 2 atom stereocenters. The van der Waals surface area contributed by atoms with Crippen molar-refractivity contribution in [3.05, 3.63) is 94.1 Å². The first kappa shape index (κ1) is 33.7. The number of aromatic nitrogens is 2. The second-order valence-corrected chi connectivity index (χ2v) is 12.3. The summed E-state index contributed by atoms with van der Waals surface area (Å²) in [5.41, 5.74) is 2.67. The number of carbonyl (C=O) groups excluding carboxylic acids is 2. The van der Waals surface area contributed by atoms with Gasteiger partial charge in [-0.05, 0) is 80.6 Å². The van der Waals surface area contributed by atoms with Crippen molar-refractivity contribution in [2.45, 2.75) is 51.9 Å². The molecule has 0 spiro atoms. The monoisotopic (exact) mass is 667 g/mol. The van der Waals surface area contributed by atoms with Crippen molar-refractivity contribution < 1.29 is 37.4 Å². The minimum absolute atomic E-state index is 0.00898. The molecule has 1 aliphatic heterocycles. The predicted octanol–water partition coefficient (Wildman–Crippen LogP) is 7.71. The fraction of sp³-hybridized carbons (Fsp3) is 0.324. The maximum Gasteiger partial charge on any atom is 0.573 e. The molecule has 5 rings (SSSR count). The van der Waals surface area contributed by atoms with Gasteiger partial charge < -0.3 is 14.7 Å². The molecule has 0 bridgehead atoms. The van der Waals surface area contributed by atoms with Gasteiger partial charge in [-0.3, -0.25) is 14.6 Å². The highest BCUT2D eigenvalue weighted by Crippen LogP contribution is 2.37. The third kappa shape index (κ3) is 6.91. The first-order valence-electron chi connectivity index (χ1n) is 15.1. The zero-order valence-corrected chi connectivity index (χ0v) is 26.8. The number of benzene rings is 2. The number of nitrogens with zero attached hydrogens (tertiary/aromatic N) is 4. The largest absolute Gasteiger partial charge is 0.573 e. The number of aryl methyl sites for hydroxylation is 1. The fourth-order valence-corrected chi connectivity index (χ4v) is 7.20. The molecule has 2 aromatic carbocycles. The number of thiazole rings is 1. The molecule has 0 radical (unpaired) electrons. The van der Waals surface area contributed by atoms with Gasteiger partial charge in [-0.25, -0.2) is 0 Å². The van der Waals surface area contributed by atoms with Crippen molar-refractivity contribution in [3.63, 3.8) is 0 Å². The Kier molecular flexibility index (Phi) is 9.78. The number of amides is 2. The number of pyridine rings is 1. The van der Waals surface area contributed by atoms with E-state index in [1.54, 1.807) is 54.5 Å². The average molecular weight is 668 g/mol. The molecule has 1 N–H and O–H groups in total. The lowest BCUT2D eigenvalue weighted by atomic mass is 9.92. The van der Waals surface area contributed by atoms with E-state index in [4.69, 9.17) is 4.98 Å². The van der Waals surface area contributed by atoms with E-state index in [-0.39, 0.29) is 35.6 Å². The van der Waals surface area contributed by atoms with E-state index in [1.807, 2.05) is 13.0 Å². The normalized spacial score (nSPS) is 15.9. The van der Waals surface area contributed by atoms with Crippen molar-refractivity contribution in [1.82, 2.24) is 19.4 Å². The van der Waals surface area contributed by atoms with Gasteiger partial charge in [0, 0.05) is 30.8 Å². The number of carboxylic acid groups (broad SMARTS) is 1. The molecule has 9 nitrogen and oxygen atoms in total. The topological polar surface area (TPSA) is 110 Å². The van der Waals surface area contributed by atoms with Gasteiger partial charge in [-0.1, -0.05) is 30.3 Å². The standard InChI is InChI=1S/C34H33F3N4O5S/c1-4-41(33(44)45,22(3)30(42)27-10-5-6-17-38-27)28-20-47-31(39-28)24-15-18-40(19-16-24)32(43)26-9-7-8-21(2)29(26)23-11-13-25(14-12-23)46-34(35,36)37/h5-14,17,20,22,24H,4,15-16,18-19H2,1-3H3/p+1. The van der Waals surface area contributed by atoms with E-state index < -0.39 is 28.8 Å². The quantitative estimate of drug-likeness (QED) is 0.144. The van der Waals surface area contributed by atoms with Crippen LogP contribution in [0.3, 0.4) is 0 Å². The number of halogens is 3. The molecule has 1 fully saturated rings. The fourth-order valence-electron chi connectivity index (χ4n) is 6.16. The number of alkyl halides is 3. The van der Waals surface area contributed by atoms with Gasteiger partial charge >= 0.3 is 12.5 Å². The maximum atomic E-state index is 13.8. The number of hydrogen-bond acceptors (Lipinski definition) is 7. The van der Waals surface area contributed by atoms with Crippen LogP contribution in [0.15, 0.2) is 72.2 Å². The van der Waals surface area contributed by atoms with Crippen molar-refractivity contribution >= 4 is 34.9 Å². The lowest BCUT2D eigenvalue weighted by Crippen LogP contribution is -2.62. The highest BCUT2D eigenvalue weighted by molar-refractivity contribution is 7.10. The first-order chi connectivity index (χ1) is 22.4. The smallest absolute Gasteiger partial charge is 0.435 e. The van der Waals surface area contributed by atoms with Crippen LogP contribution in [0.4, 0.5) is 23.8 Å². The molecule has 0 saturated carbocycles. The number of ether oxygens (including phenoxy) is 1. The number of hydrogen-bond donors (Lipinski definition) is 1. The summed E-state index contributed by atoms with van der Waals surface area (Å²) in [5.74, 6) is -0.649. The lowest BCUT2D eigenvalue weighted by molar-refractivity contribution is -0.274. The van der Waals surface area contributed by atoms with E-state index in [1.165, 1.54) is 41.8 Å². The number of ketones is 1. The average Bonchev–Trinajstić information content (AvgIpc) is 3.55. The van der Waals surface area contributed by atoms with Gasteiger partial charge in [0.25, 0.3) is 5.91 Å². The third-order valence-electron chi connectivity index (χ3n) is 8.73. The van der Waals surface area contributed by atoms with Crippen molar-refractivity contribution in [2.75, 3.05) is 19.6 Å². The molecule has 47 heavy (non-hydrogen) atoms.